The molecule has 1 aliphatic carbocycles. The molecule has 0 aliphatic heterocycles. The zero-order chi connectivity index (χ0) is 20.2. The first-order valence-electron chi connectivity index (χ1n) is 10.8. The molecule has 1 saturated carbocycles. The molecule has 1 aliphatic rings. The lowest BCUT2D eigenvalue weighted by molar-refractivity contribution is -0.121. The molecule has 1 amide bonds. The van der Waals surface area contributed by atoms with Crippen molar-refractivity contribution in [3.8, 4) is 0 Å². The van der Waals surface area contributed by atoms with Gasteiger partial charge >= 0.3 is 0 Å². The first-order chi connectivity index (χ1) is 13.7. The van der Waals surface area contributed by atoms with Crippen molar-refractivity contribution in [1.29, 1.82) is 0 Å². The molecule has 6 heteroatoms. The number of rotatable bonds is 12. The number of guanidine groups is 1. The SMILES string of the molecule is CCNC(=NCC(c1ccccc1)N(CC)CC)NCCCC(=O)NC1CC1. The van der Waals surface area contributed by atoms with Crippen LogP contribution in [0.5, 0.6) is 0 Å². The second-order valence-electron chi connectivity index (χ2n) is 7.24. The van der Waals surface area contributed by atoms with Gasteiger partial charge in [-0.05, 0) is 44.8 Å². The Morgan fingerprint density at radius 2 is 1.86 bits per heavy atom. The van der Waals surface area contributed by atoms with Crippen molar-refractivity contribution in [3.05, 3.63) is 35.9 Å². The number of nitrogens with one attached hydrogen (secondary N) is 3. The minimum absolute atomic E-state index is 0.164. The summed E-state index contributed by atoms with van der Waals surface area (Å²) in [5.41, 5.74) is 1.29. The van der Waals surface area contributed by atoms with Crippen molar-refractivity contribution in [2.75, 3.05) is 32.7 Å². The van der Waals surface area contributed by atoms with Crippen LogP contribution < -0.4 is 16.0 Å². The number of nitrogens with zero attached hydrogens (tertiary/aromatic N) is 2. The van der Waals surface area contributed by atoms with Crippen molar-refractivity contribution in [3.63, 3.8) is 0 Å². The Morgan fingerprint density at radius 3 is 2.46 bits per heavy atom. The van der Waals surface area contributed by atoms with E-state index in [-0.39, 0.29) is 11.9 Å². The van der Waals surface area contributed by atoms with E-state index >= 15 is 0 Å². The van der Waals surface area contributed by atoms with E-state index in [9.17, 15) is 4.79 Å². The summed E-state index contributed by atoms with van der Waals surface area (Å²) in [5.74, 6) is 0.982. The van der Waals surface area contributed by atoms with Crippen molar-refractivity contribution >= 4 is 11.9 Å². The Hall–Kier alpha value is -2.08. The van der Waals surface area contributed by atoms with Gasteiger partial charge in [0.1, 0.15) is 0 Å². The molecule has 0 bridgehead atoms. The molecule has 0 saturated heterocycles. The fourth-order valence-corrected chi connectivity index (χ4v) is 3.27. The summed E-state index contributed by atoms with van der Waals surface area (Å²) < 4.78 is 0. The van der Waals surface area contributed by atoms with E-state index in [1.165, 1.54) is 5.56 Å². The highest BCUT2D eigenvalue weighted by Gasteiger charge is 2.22. The monoisotopic (exact) mass is 387 g/mol. The summed E-state index contributed by atoms with van der Waals surface area (Å²) >= 11 is 0. The van der Waals surface area contributed by atoms with E-state index < -0.39 is 0 Å². The largest absolute Gasteiger partial charge is 0.357 e. The van der Waals surface area contributed by atoms with E-state index in [1.54, 1.807) is 0 Å². The van der Waals surface area contributed by atoms with E-state index in [1.807, 2.05) is 0 Å². The quantitative estimate of drug-likeness (QED) is 0.293. The number of likely N-dealkylation sites (N-methyl/N-ethyl adjacent to an activating group) is 1. The average Bonchev–Trinajstić information content (AvgIpc) is 3.52. The fraction of sp³-hybridized carbons (Fsp3) is 0.636. The summed E-state index contributed by atoms with van der Waals surface area (Å²) in [7, 11) is 0. The third-order valence-electron chi connectivity index (χ3n) is 5.02. The molecule has 1 atom stereocenters. The topological polar surface area (TPSA) is 68.8 Å². The number of aliphatic imine (C=N–C) groups is 1. The predicted octanol–water partition coefficient (Wildman–Crippen LogP) is 2.68. The highest BCUT2D eigenvalue weighted by Crippen LogP contribution is 2.20. The van der Waals surface area contributed by atoms with Gasteiger partial charge in [-0.25, -0.2) is 0 Å². The summed E-state index contributed by atoms with van der Waals surface area (Å²) in [6.07, 6.45) is 3.64. The minimum atomic E-state index is 0.164. The predicted molar refractivity (Wildman–Crippen MR) is 116 cm³/mol. The lowest BCUT2D eigenvalue weighted by atomic mass is 10.1. The third kappa shape index (κ3) is 7.89. The number of amides is 1. The highest BCUT2D eigenvalue weighted by molar-refractivity contribution is 5.80. The molecule has 1 aromatic carbocycles. The molecule has 28 heavy (non-hydrogen) atoms. The summed E-state index contributed by atoms with van der Waals surface area (Å²) in [6.45, 7) is 10.7. The first-order valence-corrected chi connectivity index (χ1v) is 10.8. The molecular weight excluding hydrogens is 350 g/mol. The fourth-order valence-electron chi connectivity index (χ4n) is 3.27. The van der Waals surface area contributed by atoms with Gasteiger partial charge in [0, 0.05) is 25.6 Å². The van der Waals surface area contributed by atoms with Gasteiger partial charge in [-0.1, -0.05) is 44.2 Å². The van der Waals surface area contributed by atoms with Gasteiger partial charge in [0.25, 0.3) is 0 Å². The normalized spacial score (nSPS) is 15.4. The Balaban J connectivity index is 1.88. The van der Waals surface area contributed by atoms with E-state index in [0.29, 0.717) is 19.0 Å². The molecule has 3 N–H and O–H groups in total. The van der Waals surface area contributed by atoms with Crippen LogP contribution in [-0.2, 0) is 4.79 Å². The van der Waals surface area contributed by atoms with Gasteiger partial charge in [0.15, 0.2) is 5.96 Å². The molecule has 1 fully saturated rings. The molecular formula is C22H37N5O. The second kappa shape index (κ2) is 12.4. The Kier molecular flexibility index (Phi) is 9.83. The maximum atomic E-state index is 11.8. The number of carbonyl (C=O) groups excluding carboxylic acids is 1. The van der Waals surface area contributed by atoms with Crippen LogP contribution in [0.4, 0.5) is 0 Å². The smallest absolute Gasteiger partial charge is 0.220 e. The van der Waals surface area contributed by atoms with Crippen molar-refractivity contribution in [2.24, 2.45) is 4.99 Å². The van der Waals surface area contributed by atoms with Gasteiger partial charge in [-0.3, -0.25) is 14.7 Å². The molecule has 6 nitrogen and oxygen atoms in total. The van der Waals surface area contributed by atoms with Crippen LogP contribution in [0.15, 0.2) is 35.3 Å². The van der Waals surface area contributed by atoms with Crippen molar-refractivity contribution in [1.82, 2.24) is 20.9 Å². The number of carbonyl (C=O) groups is 1. The maximum absolute atomic E-state index is 11.8. The van der Waals surface area contributed by atoms with E-state index in [2.05, 4.69) is 72.0 Å². The van der Waals surface area contributed by atoms with Crippen molar-refractivity contribution < 1.29 is 4.79 Å². The van der Waals surface area contributed by atoms with Crippen LogP contribution in [0.2, 0.25) is 0 Å². The molecule has 0 heterocycles. The van der Waals surface area contributed by atoms with Crippen LogP contribution >= 0.6 is 0 Å². The van der Waals surface area contributed by atoms with Gasteiger partial charge in [0.2, 0.25) is 5.91 Å². The zero-order valence-corrected chi connectivity index (χ0v) is 17.7. The van der Waals surface area contributed by atoms with Crippen LogP contribution in [-0.4, -0.2) is 55.5 Å². The Labute approximate surface area is 170 Å². The lowest BCUT2D eigenvalue weighted by Crippen LogP contribution is -2.39. The molecule has 0 radical (unpaired) electrons. The summed E-state index contributed by atoms with van der Waals surface area (Å²) in [4.78, 5) is 19.1. The lowest BCUT2D eigenvalue weighted by Gasteiger charge is -2.29. The molecule has 2 rings (SSSR count). The highest BCUT2D eigenvalue weighted by atomic mass is 16.1. The zero-order valence-electron chi connectivity index (χ0n) is 17.7. The number of benzene rings is 1. The van der Waals surface area contributed by atoms with Gasteiger partial charge in [-0.2, -0.15) is 0 Å². The molecule has 0 aromatic heterocycles. The molecule has 156 valence electrons. The average molecular weight is 388 g/mol. The van der Waals surface area contributed by atoms with Crippen molar-refractivity contribution in [2.45, 2.75) is 58.5 Å². The van der Waals surface area contributed by atoms with E-state index in [4.69, 9.17) is 4.99 Å². The van der Waals surface area contributed by atoms with Crippen LogP contribution in [0.1, 0.15) is 58.1 Å². The number of hydrogen-bond donors (Lipinski definition) is 3. The third-order valence-corrected chi connectivity index (χ3v) is 5.02. The Morgan fingerprint density at radius 1 is 1.14 bits per heavy atom. The molecule has 1 unspecified atom stereocenters. The summed E-state index contributed by atoms with van der Waals surface area (Å²) in [5, 5.41) is 9.71. The number of hydrogen-bond acceptors (Lipinski definition) is 3. The van der Waals surface area contributed by atoms with Crippen LogP contribution in [0.25, 0.3) is 0 Å². The Bertz CT molecular complexity index is 596. The second-order valence-corrected chi connectivity index (χ2v) is 7.24. The van der Waals surface area contributed by atoms with Crippen LogP contribution in [0.3, 0.4) is 0 Å². The molecule has 0 spiro atoms. The van der Waals surface area contributed by atoms with Gasteiger partial charge < -0.3 is 16.0 Å². The molecule has 1 aromatic rings. The van der Waals surface area contributed by atoms with E-state index in [0.717, 1.165) is 51.4 Å². The maximum Gasteiger partial charge on any atom is 0.220 e. The summed E-state index contributed by atoms with van der Waals surface area (Å²) in [6, 6.07) is 11.3. The van der Waals surface area contributed by atoms with Crippen LogP contribution in [0, 0.1) is 0 Å². The minimum Gasteiger partial charge on any atom is -0.357 e. The standard InChI is InChI=1S/C22H37N5O/c1-4-23-22(24-16-10-13-21(28)26-19-14-15-19)25-17-20(27(5-2)6-3)18-11-8-7-9-12-18/h7-9,11-12,19-20H,4-6,10,13-17H2,1-3H3,(H,26,28)(H2,23,24,25). The van der Waals surface area contributed by atoms with Gasteiger partial charge in [-0.15, -0.1) is 0 Å². The van der Waals surface area contributed by atoms with Gasteiger partial charge in [0.05, 0.1) is 12.6 Å². The first kappa shape index (κ1) is 22.2.